The fourth-order valence-corrected chi connectivity index (χ4v) is 2.63. The molecule has 0 aliphatic heterocycles. The van der Waals surface area contributed by atoms with Crippen LogP contribution >= 0.6 is 0 Å². The Labute approximate surface area is 139 Å². The summed E-state index contributed by atoms with van der Waals surface area (Å²) in [4.78, 5) is 23.9. The van der Waals surface area contributed by atoms with Crippen LogP contribution in [0.5, 0.6) is 5.75 Å². The van der Waals surface area contributed by atoms with Crippen LogP contribution < -0.4 is 4.74 Å². The molecule has 0 unspecified atom stereocenters. The molecular weight excluding hydrogens is 306 g/mol. The number of carboxylic acid groups (broad SMARTS) is 1. The number of fused-ring (bicyclic) bond motifs is 1. The van der Waals surface area contributed by atoms with Gasteiger partial charge in [0.15, 0.2) is 6.61 Å². The number of rotatable bonds is 4. The second-order valence-corrected chi connectivity index (χ2v) is 5.69. The average molecular weight is 323 g/mol. The number of carbonyl (C=O) groups excluding carboxylic acids is 1. The molecule has 1 heterocycles. The molecule has 0 aliphatic rings. The number of carboxylic acids is 1. The lowest BCUT2D eigenvalue weighted by atomic mass is 10.1. The summed E-state index contributed by atoms with van der Waals surface area (Å²) in [7, 11) is 0. The minimum Gasteiger partial charge on any atom is -0.483 e. The van der Waals surface area contributed by atoms with E-state index in [1.54, 1.807) is 24.3 Å². The number of carbonyl (C=O) groups is 2. The van der Waals surface area contributed by atoms with Crippen LogP contribution in [-0.2, 0) is 0 Å². The fourth-order valence-electron chi connectivity index (χ4n) is 2.63. The van der Waals surface area contributed by atoms with Gasteiger partial charge in [-0.2, -0.15) is 0 Å². The first kappa shape index (κ1) is 15.8. The number of ether oxygens (including phenoxy) is 1. The second-order valence-electron chi connectivity index (χ2n) is 5.69. The zero-order valence-electron chi connectivity index (χ0n) is 13.4. The molecule has 0 amide bonds. The number of hydrogen-bond acceptors (Lipinski definition) is 3. The number of aromatic nitrogens is 1. The van der Waals surface area contributed by atoms with Crippen molar-refractivity contribution in [1.82, 2.24) is 4.57 Å². The van der Waals surface area contributed by atoms with E-state index in [-0.39, 0.29) is 18.1 Å². The van der Waals surface area contributed by atoms with Crippen LogP contribution in [0.4, 0.5) is 0 Å². The number of hydrogen-bond donors (Lipinski definition) is 1. The Balaban J connectivity index is 1.89. The zero-order valence-corrected chi connectivity index (χ0v) is 13.4. The maximum absolute atomic E-state index is 12.5. The van der Waals surface area contributed by atoms with Crippen molar-refractivity contribution < 1.29 is 19.4 Å². The molecule has 1 N–H and O–H groups in total. The Morgan fingerprint density at radius 1 is 1.12 bits per heavy atom. The Hall–Kier alpha value is -3.08. The molecule has 3 rings (SSSR count). The summed E-state index contributed by atoms with van der Waals surface area (Å²) < 4.78 is 6.97. The number of aromatic carboxylic acids is 1. The van der Waals surface area contributed by atoms with E-state index < -0.39 is 5.97 Å². The smallest absolute Gasteiger partial charge is 0.337 e. The van der Waals surface area contributed by atoms with Crippen LogP contribution in [0, 0.1) is 13.8 Å². The van der Waals surface area contributed by atoms with Crippen LogP contribution in [0.1, 0.15) is 26.3 Å². The SMILES string of the molecule is Cc1ccc(C)c(OCC(=O)n2cc(C(=O)O)c3ccccc32)c1. The fraction of sp³-hybridized carbons (Fsp3) is 0.158. The van der Waals surface area contributed by atoms with Crippen molar-refractivity contribution in [1.29, 1.82) is 0 Å². The van der Waals surface area contributed by atoms with Gasteiger partial charge in [-0.3, -0.25) is 9.36 Å². The van der Waals surface area contributed by atoms with E-state index >= 15 is 0 Å². The lowest BCUT2D eigenvalue weighted by Crippen LogP contribution is -2.18. The van der Waals surface area contributed by atoms with Crippen molar-refractivity contribution in [3.8, 4) is 5.75 Å². The molecule has 2 aromatic carbocycles. The maximum atomic E-state index is 12.5. The van der Waals surface area contributed by atoms with Crippen LogP contribution in [0.25, 0.3) is 10.9 Å². The van der Waals surface area contributed by atoms with Crippen molar-refractivity contribution >= 4 is 22.8 Å². The average Bonchev–Trinajstić information content (AvgIpc) is 2.95. The van der Waals surface area contributed by atoms with Gasteiger partial charge < -0.3 is 9.84 Å². The molecule has 0 bridgehead atoms. The Kier molecular flexibility index (Phi) is 4.08. The van der Waals surface area contributed by atoms with Crippen LogP contribution in [0.15, 0.2) is 48.7 Å². The van der Waals surface area contributed by atoms with Gasteiger partial charge in [0.05, 0.1) is 11.1 Å². The molecule has 24 heavy (non-hydrogen) atoms. The highest BCUT2D eigenvalue weighted by atomic mass is 16.5. The van der Waals surface area contributed by atoms with Crippen molar-refractivity contribution in [2.24, 2.45) is 0 Å². The molecule has 0 saturated carbocycles. The molecule has 122 valence electrons. The lowest BCUT2D eigenvalue weighted by molar-refractivity contribution is 0.0699. The summed E-state index contributed by atoms with van der Waals surface area (Å²) in [6.07, 6.45) is 1.35. The number of nitrogens with zero attached hydrogens (tertiary/aromatic N) is 1. The van der Waals surface area contributed by atoms with Gasteiger partial charge >= 0.3 is 5.97 Å². The number of benzene rings is 2. The van der Waals surface area contributed by atoms with Gasteiger partial charge in [-0.1, -0.05) is 30.3 Å². The summed E-state index contributed by atoms with van der Waals surface area (Å²) >= 11 is 0. The third-order valence-electron chi connectivity index (χ3n) is 3.91. The monoisotopic (exact) mass is 323 g/mol. The molecule has 0 atom stereocenters. The third-order valence-corrected chi connectivity index (χ3v) is 3.91. The normalized spacial score (nSPS) is 10.8. The van der Waals surface area contributed by atoms with E-state index in [0.29, 0.717) is 16.7 Å². The molecule has 0 spiro atoms. The summed E-state index contributed by atoms with van der Waals surface area (Å²) in [6, 6.07) is 12.7. The molecule has 1 aromatic heterocycles. The van der Waals surface area contributed by atoms with E-state index in [1.807, 2.05) is 32.0 Å². The van der Waals surface area contributed by atoms with E-state index in [9.17, 15) is 14.7 Å². The highest BCUT2D eigenvalue weighted by Crippen LogP contribution is 2.22. The predicted molar refractivity (Wildman–Crippen MR) is 90.9 cm³/mol. The molecule has 3 aromatic rings. The third kappa shape index (κ3) is 2.88. The van der Waals surface area contributed by atoms with Gasteiger partial charge in [0.25, 0.3) is 5.91 Å². The van der Waals surface area contributed by atoms with Crippen molar-refractivity contribution in [2.45, 2.75) is 13.8 Å². The van der Waals surface area contributed by atoms with Gasteiger partial charge in [0.2, 0.25) is 0 Å². The molecule has 0 saturated heterocycles. The molecular formula is C19H17NO4. The van der Waals surface area contributed by atoms with Crippen LogP contribution in [-0.4, -0.2) is 28.2 Å². The minimum absolute atomic E-state index is 0.102. The lowest BCUT2D eigenvalue weighted by Gasteiger charge is -2.10. The molecule has 5 nitrogen and oxygen atoms in total. The number of para-hydroxylation sites is 1. The largest absolute Gasteiger partial charge is 0.483 e. The first-order chi connectivity index (χ1) is 11.5. The van der Waals surface area contributed by atoms with Crippen molar-refractivity contribution in [3.63, 3.8) is 0 Å². The molecule has 0 fully saturated rings. The Morgan fingerprint density at radius 3 is 2.62 bits per heavy atom. The predicted octanol–water partition coefficient (Wildman–Crippen LogP) is 3.68. The topological polar surface area (TPSA) is 68.5 Å². The Bertz CT molecular complexity index is 940. The summed E-state index contributed by atoms with van der Waals surface area (Å²) in [5, 5.41) is 9.83. The quantitative estimate of drug-likeness (QED) is 0.795. The van der Waals surface area contributed by atoms with Gasteiger partial charge in [-0.05, 0) is 37.1 Å². The molecule has 5 heteroatoms. The van der Waals surface area contributed by atoms with E-state index in [4.69, 9.17) is 4.74 Å². The van der Waals surface area contributed by atoms with E-state index in [1.165, 1.54) is 10.8 Å². The van der Waals surface area contributed by atoms with Gasteiger partial charge in [-0.25, -0.2) is 4.79 Å². The first-order valence-electron chi connectivity index (χ1n) is 7.54. The van der Waals surface area contributed by atoms with Crippen LogP contribution in [0.2, 0.25) is 0 Å². The van der Waals surface area contributed by atoms with Crippen molar-refractivity contribution in [2.75, 3.05) is 6.61 Å². The van der Waals surface area contributed by atoms with E-state index in [2.05, 4.69) is 0 Å². The van der Waals surface area contributed by atoms with E-state index in [0.717, 1.165) is 11.1 Å². The second kappa shape index (κ2) is 6.20. The standard InChI is InChI=1S/C19H17NO4/c1-12-7-8-13(2)17(9-12)24-11-18(21)20-10-15(19(22)23)14-5-3-4-6-16(14)20/h3-10H,11H2,1-2H3,(H,22,23). The zero-order chi connectivity index (χ0) is 17.3. The summed E-state index contributed by atoms with van der Waals surface area (Å²) in [5.41, 5.74) is 2.65. The highest BCUT2D eigenvalue weighted by molar-refractivity contribution is 6.06. The van der Waals surface area contributed by atoms with Crippen LogP contribution in [0.3, 0.4) is 0 Å². The molecule has 0 aliphatic carbocycles. The highest BCUT2D eigenvalue weighted by Gasteiger charge is 2.18. The summed E-state index contributed by atoms with van der Waals surface area (Å²) in [6.45, 7) is 3.70. The first-order valence-corrected chi connectivity index (χ1v) is 7.54. The van der Waals surface area contributed by atoms with Gasteiger partial charge in [-0.15, -0.1) is 0 Å². The minimum atomic E-state index is -1.06. The Morgan fingerprint density at radius 2 is 1.88 bits per heavy atom. The maximum Gasteiger partial charge on any atom is 0.337 e. The number of aryl methyl sites for hydroxylation is 2. The van der Waals surface area contributed by atoms with Crippen molar-refractivity contribution in [3.05, 3.63) is 65.4 Å². The van der Waals surface area contributed by atoms with Gasteiger partial charge in [0.1, 0.15) is 5.75 Å². The molecule has 0 radical (unpaired) electrons. The van der Waals surface area contributed by atoms with Gasteiger partial charge in [0, 0.05) is 11.6 Å². The summed E-state index contributed by atoms with van der Waals surface area (Å²) in [5.74, 6) is -0.730.